The molecule has 3 N–H and O–H groups in total. The van der Waals surface area contributed by atoms with E-state index in [9.17, 15) is 19.0 Å². The molecule has 2 atom stereocenters. The molecule has 0 aromatic rings. The summed E-state index contributed by atoms with van der Waals surface area (Å²) >= 11 is 0. The summed E-state index contributed by atoms with van der Waals surface area (Å²) in [6, 6.07) is 0. The summed E-state index contributed by atoms with van der Waals surface area (Å²) in [7, 11) is -4.41. The van der Waals surface area contributed by atoms with Gasteiger partial charge in [0.05, 0.1) is 13.2 Å². The number of phosphoric ester groups is 1. The number of rotatable bonds is 59. The van der Waals surface area contributed by atoms with Crippen LogP contribution in [-0.4, -0.2) is 49.3 Å². The summed E-state index contributed by atoms with van der Waals surface area (Å²) in [5, 5.41) is 0. The second-order valence-corrected chi connectivity index (χ2v) is 22.3. The maximum atomic E-state index is 12.7. The number of phosphoric acid groups is 1. The molecule has 0 amide bonds. The Kier molecular flexibility index (Phi) is 61.7. The number of allylic oxidation sites excluding steroid dienone is 24. The maximum absolute atomic E-state index is 12.7. The molecule has 10 heteroatoms. The first-order valence-electron chi connectivity index (χ1n) is 32.3. The lowest BCUT2D eigenvalue weighted by molar-refractivity contribution is -0.161. The zero-order valence-corrected chi connectivity index (χ0v) is 52.4. The molecular formula is C71H118NO8P. The van der Waals surface area contributed by atoms with Crippen molar-refractivity contribution >= 4 is 19.8 Å². The van der Waals surface area contributed by atoms with E-state index in [1.54, 1.807) is 0 Å². The van der Waals surface area contributed by atoms with Gasteiger partial charge in [-0.15, -0.1) is 0 Å². The highest BCUT2D eigenvalue weighted by atomic mass is 31.2. The fraction of sp³-hybridized carbons (Fsp3) is 0.634. The fourth-order valence-corrected chi connectivity index (χ4v) is 9.29. The fourth-order valence-electron chi connectivity index (χ4n) is 8.53. The molecule has 0 aliphatic carbocycles. The minimum absolute atomic E-state index is 0.0411. The van der Waals surface area contributed by atoms with E-state index < -0.39 is 32.5 Å². The monoisotopic (exact) mass is 1140 g/mol. The third-order valence-electron chi connectivity index (χ3n) is 13.2. The van der Waals surface area contributed by atoms with Crippen molar-refractivity contribution in [1.82, 2.24) is 0 Å². The van der Waals surface area contributed by atoms with Crippen LogP contribution in [-0.2, 0) is 32.7 Å². The highest BCUT2D eigenvalue weighted by Gasteiger charge is 2.26. The molecule has 0 fully saturated rings. The standard InChI is InChI=1S/C71H118NO8P/c1-3-5-7-9-11-13-15-17-19-21-23-25-27-29-30-31-32-33-34-35-36-37-38-40-41-43-45-47-49-51-53-55-57-59-61-63-70(73)77-67-69(68-79-81(75,76)78-66-65-72)80-71(74)64-62-60-58-56-54-52-50-48-46-44-42-39-28-26-24-22-20-18-16-14-12-10-8-6-4-2/h5-8,11-14,17-20,23-26,29-30,39,42,46,48,52,54,69H,3-4,9-10,15-16,21-22,27-28,31-38,40-41,43-45,47,49-51,53,55-68,72H2,1-2H3,(H,75,76)/b7-5-,8-6-,13-11-,14-12-,19-17-,20-18-,25-23-,26-24-,30-29-,42-39-,48-46-,54-52-. The Morgan fingerprint density at radius 1 is 0.370 bits per heavy atom. The van der Waals surface area contributed by atoms with Gasteiger partial charge in [-0.3, -0.25) is 18.6 Å². The SMILES string of the molecule is CC/C=C\C/C=C\C/C=C\C/C=C\C/C=C\C/C=C\C/C=C\CCCCCC(=O)OC(COC(=O)CCCCCCCCCCCCCCCCCCCCC/C=C\C/C=C\C/C=C\C/C=C\C/C=C\CC)COP(=O)(O)OCCN. The van der Waals surface area contributed by atoms with Crippen molar-refractivity contribution in [3.8, 4) is 0 Å². The molecular weight excluding hydrogens is 1030 g/mol. The van der Waals surface area contributed by atoms with Gasteiger partial charge in [0, 0.05) is 19.4 Å². The van der Waals surface area contributed by atoms with Crippen molar-refractivity contribution in [2.75, 3.05) is 26.4 Å². The Hall–Kier alpha value is -4.11. The number of hydrogen-bond acceptors (Lipinski definition) is 8. The van der Waals surface area contributed by atoms with E-state index >= 15 is 0 Å². The van der Waals surface area contributed by atoms with Gasteiger partial charge < -0.3 is 20.1 Å². The smallest absolute Gasteiger partial charge is 0.462 e. The minimum Gasteiger partial charge on any atom is -0.462 e. The molecule has 0 aromatic carbocycles. The van der Waals surface area contributed by atoms with Crippen LogP contribution in [0.15, 0.2) is 146 Å². The zero-order chi connectivity index (χ0) is 58.7. The second-order valence-electron chi connectivity index (χ2n) is 20.9. The summed E-state index contributed by atoms with van der Waals surface area (Å²) in [6.45, 7) is 3.48. The van der Waals surface area contributed by atoms with E-state index in [1.165, 1.54) is 109 Å². The zero-order valence-electron chi connectivity index (χ0n) is 51.5. The Morgan fingerprint density at radius 2 is 0.642 bits per heavy atom. The molecule has 0 spiro atoms. The summed E-state index contributed by atoms with van der Waals surface area (Å²) in [4.78, 5) is 35.3. The molecule has 0 heterocycles. The van der Waals surface area contributed by atoms with Crippen LogP contribution in [0, 0.1) is 0 Å². The number of carbonyl (C=O) groups is 2. The summed E-state index contributed by atoms with van der Waals surface area (Å²) in [6.07, 6.45) is 93.5. The van der Waals surface area contributed by atoms with Crippen LogP contribution >= 0.6 is 7.82 Å². The largest absolute Gasteiger partial charge is 0.472 e. The second kappa shape index (κ2) is 65.0. The molecule has 9 nitrogen and oxygen atoms in total. The van der Waals surface area contributed by atoms with E-state index in [2.05, 4.69) is 160 Å². The Bertz CT molecular complexity index is 1830. The highest BCUT2D eigenvalue weighted by molar-refractivity contribution is 7.47. The average molecular weight is 1140 g/mol. The summed E-state index contributed by atoms with van der Waals surface area (Å²) < 4.78 is 33.1. The van der Waals surface area contributed by atoms with Crippen molar-refractivity contribution in [3.63, 3.8) is 0 Å². The molecule has 0 rings (SSSR count). The first-order chi connectivity index (χ1) is 39.8. The van der Waals surface area contributed by atoms with E-state index in [0.717, 1.165) is 116 Å². The Labute approximate surface area is 496 Å². The van der Waals surface area contributed by atoms with E-state index in [4.69, 9.17) is 24.3 Å². The topological polar surface area (TPSA) is 134 Å². The molecule has 0 saturated heterocycles. The quantitative estimate of drug-likeness (QED) is 0.0264. The van der Waals surface area contributed by atoms with Crippen LogP contribution in [0.3, 0.4) is 0 Å². The molecule has 2 unspecified atom stereocenters. The van der Waals surface area contributed by atoms with Crippen molar-refractivity contribution in [1.29, 1.82) is 0 Å². The molecule has 460 valence electrons. The van der Waals surface area contributed by atoms with Gasteiger partial charge in [0.1, 0.15) is 6.61 Å². The molecule has 81 heavy (non-hydrogen) atoms. The third kappa shape index (κ3) is 64.9. The lowest BCUT2D eigenvalue weighted by Gasteiger charge is -2.19. The van der Waals surface area contributed by atoms with Crippen LogP contribution in [0.2, 0.25) is 0 Å². The number of ether oxygens (including phenoxy) is 2. The highest BCUT2D eigenvalue weighted by Crippen LogP contribution is 2.43. The molecule has 0 radical (unpaired) electrons. The van der Waals surface area contributed by atoms with Crippen LogP contribution in [0.25, 0.3) is 0 Å². The molecule has 0 bridgehead atoms. The van der Waals surface area contributed by atoms with Crippen LogP contribution in [0.1, 0.15) is 258 Å². The molecule has 0 saturated carbocycles. The van der Waals surface area contributed by atoms with Gasteiger partial charge in [0.2, 0.25) is 0 Å². The number of nitrogens with two attached hydrogens (primary N) is 1. The number of carbonyl (C=O) groups excluding carboxylic acids is 2. The van der Waals surface area contributed by atoms with Crippen molar-refractivity contribution in [2.45, 2.75) is 264 Å². The van der Waals surface area contributed by atoms with Gasteiger partial charge in [-0.1, -0.05) is 275 Å². The van der Waals surface area contributed by atoms with E-state index in [0.29, 0.717) is 6.42 Å². The van der Waals surface area contributed by atoms with Crippen molar-refractivity contribution in [2.24, 2.45) is 5.73 Å². The van der Waals surface area contributed by atoms with Crippen LogP contribution in [0.4, 0.5) is 0 Å². The van der Waals surface area contributed by atoms with Crippen molar-refractivity contribution < 1.29 is 37.6 Å². The predicted octanol–water partition coefficient (Wildman–Crippen LogP) is 21.1. The number of unbranched alkanes of at least 4 members (excludes halogenated alkanes) is 22. The van der Waals surface area contributed by atoms with Gasteiger partial charge >= 0.3 is 19.8 Å². The van der Waals surface area contributed by atoms with Crippen molar-refractivity contribution in [3.05, 3.63) is 146 Å². The third-order valence-corrected chi connectivity index (χ3v) is 14.2. The van der Waals surface area contributed by atoms with Gasteiger partial charge in [-0.05, 0) is 116 Å². The lowest BCUT2D eigenvalue weighted by atomic mass is 10.0. The summed E-state index contributed by atoms with van der Waals surface area (Å²) in [5.74, 6) is -0.869. The first-order valence-corrected chi connectivity index (χ1v) is 33.8. The molecule has 0 aromatic heterocycles. The minimum atomic E-state index is -4.41. The van der Waals surface area contributed by atoms with Crippen LogP contribution < -0.4 is 5.73 Å². The maximum Gasteiger partial charge on any atom is 0.472 e. The first kappa shape index (κ1) is 76.9. The molecule has 0 aliphatic rings. The average Bonchev–Trinajstić information content (AvgIpc) is 3.46. The Balaban J connectivity index is 3.96. The lowest BCUT2D eigenvalue weighted by Crippen LogP contribution is -2.29. The number of hydrogen-bond donors (Lipinski definition) is 2. The normalized spacial score (nSPS) is 14.0. The van der Waals surface area contributed by atoms with E-state index in [1.807, 2.05) is 0 Å². The van der Waals surface area contributed by atoms with Crippen LogP contribution in [0.5, 0.6) is 0 Å². The van der Waals surface area contributed by atoms with Gasteiger partial charge in [0.15, 0.2) is 6.10 Å². The Morgan fingerprint density at radius 3 is 0.963 bits per heavy atom. The van der Waals surface area contributed by atoms with Gasteiger partial charge in [-0.2, -0.15) is 0 Å². The predicted molar refractivity (Wildman–Crippen MR) is 348 cm³/mol. The number of esters is 2. The van der Waals surface area contributed by atoms with Gasteiger partial charge in [-0.25, -0.2) is 4.57 Å². The summed E-state index contributed by atoms with van der Waals surface area (Å²) in [5.41, 5.74) is 5.39. The van der Waals surface area contributed by atoms with Gasteiger partial charge in [0.25, 0.3) is 0 Å². The molecule has 0 aliphatic heterocycles. The van der Waals surface area contributed by atoms with E-state index in [-0.39, 0.29) is 32.6 Å².